The Morgan fingerprint density at radius 1 is 1.43 bits per heavy atom. The van der Waals surface area contributed by atoms with Crippen LogP contribution in [-0.4, -0.2) is 36.3 Å². The van der Waals surface area contributed by atoms with Gasteiger partial charge in [0.15, 0.2) is 0 Å². The fraction of sp³-hybridized carbons (Fsp3) is 0.556. The average molecular weight is 318 g/mol. The van der Waals surface area contributed by atoms with Gasteiger partial charge in [0, 0.05) is 31.6 Å². The highest BCUT2D eigenvalue weighted by Crippen LogP contribution is 2.17. The quantitative estimate of drug-likeness (QED) is 0.849. The van der Waals surface area contributed by atoms with Crippen molar-refractivity contribution in [1.82, 2.24) is 10.2 Å². The molecule has 0 bridgehead atoms. The number of nitrogens with zero attached hydrogens (tertiary/aromatic N) is 1. The number of aryl methyl sites for hydroxylation is 1. The van der Waals surface area contributed by atoms with Gasteiger partial charge in [0.2, 0.25) is 11.8 Å². The summed E-state index contributed by atoms with van der Waals surface area (Å²) in [4.78, 5) is 25.8. The summed E-state index contributed by atoms with van der Waals surface area (Å²) in [5, 5.41) is 2.96. The Bertz CT molecular complexity index is 575. The second-order valence-electron chi connectivity index (χ2n) is 6.47. The largest absolute Gasteiger partial charge is 0.462 e. The van der Waals surface area contributed by atoms with Crippen LogP contribution in [0.15, 0.2) is 22.6 Å². The average Bonchev–Trinajstić information content (AvgIpc) is 2.96. The maximum Gasteiger partial charge on any atom is 0.246 e. The zero-order valence-electron chi connectivity index (χ0n) is 14.2. The van der Waals surface area contributed by atoms with E-state index in [4.69, 9.17) is 4.42 Å². The van der Waals surface area contributed by atoms with Crippen molar-refractivity contribution >= 4 is 17.9 Å². The van der Waals surface area contributed by atoms with Gasteiger partial charge in [0.25, 0.3) is 0 Å². The van der Waals surface area contributed by atoms with E-state index in [1.807, 2.05) is 37.8 Å². The zero-order valence-corrected chi connectivity index (χ0v) is 14.2. The predicted molar refractivity (Wildman–Crippen MR) is 89.6 cm³/mol. The third-order valence-electron chi connectivity index (χ3n) is 4.07. The van der Waals surface area contributed by atoms with Gasteiger partial charge >= 0.3 is 0 Å². The van der Waals surface area contributed by atoms with Crippen molar-refractivity contribution in [2.24, 2.45) is 11.8 Å². The standard InChI is InChI=1S/C18H26N2O3/c1-13(2)18(22)19-11-15-5-4-10-20(12-15)17(21)9-8-16-7-6-14(3)23-16/h6-9,13,15H,4-5,10-12H2,1-3H3,(H,19,22). The molecule has 1 aliphatic rings. The van der Waals surface area contributed by atoms with Crippen LogP contribution in [0.4, 0.5) is 0 Å². The summed E-state index contributed by atoms with van der Waals surface area (Å²) in [5.74, 6) is 1.91. The Hall–Kier alpha value is -2.04. The molecular weight excluding hydrogens is 292 g/mol. The molecule has 0 aromatic carbocycles. The number of hydrogen-bond acceptors (Lipinski definition) is 3. The van der Waals surface area contributed by atoms with Gasteiger partial charge in [-0.2, -0.15) is 0 Å². The number of piperidine rings is 1. The van der Waals surface area contributed by atoms with Crippen molar-refractivity contribution in [3.05, 3.63) is 29.7 Å². The molecule has 5 nitrogen and oxygen atoms in total. The summed E-state index contributed by atoms with van der Waals surface area (Å²) < 4.78 is 5.42. The Morgan fingerprint density at radius 2 is 2.22 bits per heavy atom. The lowest BCUT2D eigenvalue weighted by Crippen LogP contribution is -2.43. The third-order valence-corrected chi connectivity index (χ3v) is 4.07. The highest BCUT2D eigenvalue weighted by Gasteiger charge is 2.23. The van der Waals surface area contributed by atoms with E-state index in [1.54, 1.807) is 12.2 Å². The molecule has 1 aliphatic heterocycles. The van der Waals surface area contributed by atoms with Crippen molar-refractivity contribution in [3.8, 4) is 0 Å². The third kappa shape index (κ3) is 5.27. The van der Waals surface area contributed by atoms with Crippen molar-refractivity contribution in [3.63, 3.8) is 0 Å². The maximum absolute atomic E-state index is 12.3. The van der Waals surface area contributed by atoms with E-state index in [9.17, 15) is 9.59 Å². The number of nitrogens with one attached hydrogen (secondary N) is 1. The number of rotatable bonds is 5. The monoisotopic (exact) mass is 318 g/mol. The molecule has 1 fully saturated rings. The molecule has 2 rings (SSSR count). The van der Waals surface area contributed by atoms with Gasteiger partial charge in [-0.25, -0.2) is 0 Å². The number of carbonyl (C=O) groups is 2. The lowest BCUT2D eigenvalue weighted by molar-refractivity contribution is -0.127. The summed E-state index contributed by atoms with van der Waals surface area (Å²) in [6, 6.07) is 3.72. The van der Waals surface area contributed by atoms with E-state index in [0.29, 0.717) is 24.8 Å². The molecule has 1 N–H and O–H groups in total. The minimum absolute atomic E-state index is 0.000982. The van der Waals surface area contributed by atoms with Gasteiger partial charge < -0.3 is 14.6 Å². The first kappa shape index (κ1) is 17.3. The predicted octanol–water partition coefficient (Wildman–Crippen LogP) is 2.61. The van der Waals surface area contributed by atoms with Crippen molar-refractivity contribution in [2.45, 2.75) is 33.6 Å². The Morgan fingerprint density at radius 3 is 2.87 bits per heavy atom. The number of hydrogen-bond donors (Lipinski definition) is 1. The Balaban J connectivity index is 1.84. The topological polar surface area (TPSA) is 62.6 Å². The molecule has 1 aromatic heterocycles. The van der Waals surface area contributed by atoms with Crippen molar-refractivity contribution < 1.29 is 14.0 Å². The van der Waals surface area contributed by atoms with E-state index in [1.165, 1.54) is 0 Å². The molecule has 0 aliphatic carbocycles. The van der Waals surface area contributed by atoms with E-state index in [0.717, 1.165) is 25.1 Å². The molecule has 0 saturated carbocycles. The van der Waals surface area contributed by atoms with Gasteiger partial charge in [0.05, 0.1) is 0 Å². The van der Waals surface area contributed by atoms with Gasteiger partial charge in [-0.3, -0.25) is 9.59 Å². The first-order chi connectivity index (χ1) is 11.0. The minimum atomic E-state index is -0.00369. The molecule has 2 heterocycles. The zero-order chi connectivity index (χ0) is 16.8. The second kappa shape index (κ2) is 7.99. The SMILES string of the molecule is Cc1ccc(C=CC(=O)N2CCCC(CNC(=O)C(C)C)C2)o1. The molecule has 23 heavy (non-hydrogen) atoms. The summed E-state index contributed by atoms with van der Waals surface area (Å²) in [6.45, 7) is 7.75. The highest BCUT2D eigenvalue weighted by atomic mass is 16.3. The van der Waals surface area contributed by atoms with Crippen LogP contribution in [0.25, 0.3) is 6.08 Å². The van der Waals surface area contributed by atoms with E-state index >= 15 is 0 Å². The van der Waals surface area contributed by atoms with Crippen LogP contribution >= 0.6 is 0 Å². The minimum Gasteiger partial charge on any atom is -0.462 e. The molecule has 1 aromatic rings. The maximum atomic E-state index is 12.3. The lowest BCUT2D eigenvalue weighted by atomic mass is 9.97. The fourth-order valence-electron chi connectivity index (χ4n) is 2.68. The summed E-state index contributed by atoms with van der Waals surface area (Å²) >= 11 is 0. The molecule has 1 saturated heterocycles. The second-order valence-corrected chi connectivity index (χ2v) is 6.47. The molecular formula is C18H26N2O3. The molecule has 0 spiro atoms. The molecule has 5 heteroatoms. The number of likely N-dealkylation sites (tertiary alicyclic amines) is 1. The molecule has 126 valence electrons. The van der Waals surface area contributed by atoms with Gasteiger partial charge in [-0.05, 0) is 43.9 Å². The van der Waals surface area contributed by atoms with Crippen molar-refractivity contribution in [2.75, 3.05) is 19.6 Å². The van der Waals surface area contributed by atoms with Gasteiger partial charge in [0.1, 0.15) is 11.5 Å². The van der Waals surface area contributed by atoms with Crippen molar-refractivity contribution in [1.29, 1.82) is 0 Å². The van der Waals surface area contributed by atoms with E-state index in [2.05, 4.69) is 5.32 Å². The normalized spacial score (nSPS) is 18.6. The van der Waals surface area contributed by atoms with Crippen LogP contribution in [0.2, 0.25) is 0 Å². The number of carbonyl (C=O) groups excluding carboxylic acids is 2. The molecule has 0 radical (unpaired) electrons. The Kier molecular flexibility index (Phi) is 6.02. The highest BCUT2D eigenvalue weighted by molar-refractivity contribution is 5.91. The van der Waals surface area contributed by atoms with Gasteiger partial charge in [-0.1, -0.05) is 13.8 Å². The summed E-state index contributed by atoms with van der Waals surface area (Å²) in [5.41, 5.74) is 0. The lowest BCUT2D eigenvalue weighted by Gasteiger charge is -2.32. The van der Waals surface area contributed by atoms with Crippen LogP contribution in [-0.2, 0) is 9.59 Å². The van der Waals surface area contributed by atoms with Crippen LogP contribution in [0.1, 0.15) is 38.2 Å². The van der Waals surface area contributed by atoms with E-state index in [-0.39, 0.29) is 17.7 Å². The van der Waals surface area contributed by atoms with Crippen LogP contribution in [0, 0.1) is 18.8 Å². The number of amides is 2. The first-order valence-electron chi connectivity index (χ1n) is 8.27. The van der Waals surface area contributed by atoms with Gasteiger partial charge in [-0.15, -0.1) is 0 Å². The molecule has 1 atom stereocenters. The molecule has 2 amide bonds. The van der Waals surface area contributed by atoms with Crippen LogP contribution < -0.4 is 5.32 Å². The molecule has 1 unspecified atom stereocenters. The fourth-order valence-corrected chi connectivity index (χ4v) is 2.68. The number of furan rings is 1. The Labute approximate surface area is 137 Å². The van der Waals surface area contributed by atoms with Crippen LogP contribution in [0.5, 0.6) is 0 Å². The summed E-state index contributed by atoms with van der Waals surface area (Å²) in [6.07, 6.45) is 5.29. The van der Waals surface area contributed by atoms with Crippen LogP contribution in [0.3, 0.4) is 0 Å². The van der Waals surface area contributed by atoms with E-state index < -0.39 is 0 Å². The first-order valence-corrected chi connectivity index (χ1v) is 8.27. The smallest absolute Gasteiger partial charge is 0.246 e. The summed E-state index contributed by atoms with van der Waals surface area (Å²) in [7, 11) is 0.